The van der Waals surface area contributed by atoms with E-state index in [1.54, 1.807) is 0 Å². The number of carbonyl (C=O) groups is 1. The summed E-state index contributed by atoms with van der Waals surface area (Å²) in [6, 6.07) is -0.459. The third-order valence-corrected chi connectivity index (χ3v) is 2.49. The molecule has 0 saturated carbocycles. The van der Waals surface area contributed by atoms with E-state index in [4.69, 9.17) is 10.8 Å². The lowest BCUT2D eigenvalue weighted by atomic mass is 10.1. The second-order valence-corrected chi connectivity index (χ2v) is 3.56. The maximum atomic E-state index is 11.5. The van der Waals surface area contributed by atoms with E-state index in [0.717, 1.165) is 0 Å². The number of aliphatic hydroxyl groups excluding tert-OH is 1. The first-order valence-electron chi connectivity index (χ1n) is 4.63. The first kappa shape index (κ1) is 9.81. The Morgan fingerprint density at radius 3 is 3.00 bits per heavy atom. The van der Waals surface area contributed by atoms with Gasteiger partial charge in [0.05, 0.1) is 12.8 Å². The van der Waals surface area contributed by atoms with Crippen molar-refractivity contribution in [3.8, 4) is 0 Å². The van der Waals surface area contributed by atoms with Crippen LogP contribution in [0.2, 0.25) is 0 Å². The molecule has 0 bridgehead atoms. The zero-order chi connectivity index (χ0) is 10.1. The van der Waals surface area contributed by atoms with Crippen molar-refractivity contribution in [1.82, 2.24) is 21.3 Å². The van der Waals surface area contributed by atoms with Crippen molar-refractivity contribution in [3.63, 3.8) is 0 Å². The summed E-state index contributed by atoms with van der Waals surface area (Å²) in [6.45, 7) is 0.625. The Bertz CT molecular complexity index is 236. The number of nitrogens with one attached hydrogen (secondary N) is 4. The van der Waals surface area contributed by atoms with E-state index >= 15 is 0 Å². The van der Waals surface area contributed by atoms with Crippen LogP contribution in [0, 0.1) is 0 Å². The number of aliphatic hydroxyl groups is 1. The molecule has 1 amide bonds. The molecule has 2 heterocycles. The predicted molar refractivity (Wildman–Crippen MR) is 48.8 cm³/mol. The first-order chi connectivity index (χ1) is 6.70. The Labute approximate surface area is 81.4 Å². The summed E-state index contributed by atoms with van der Waals surface area (Å²) in [5.74, 6) is -0.146. The fourth-order valence-electron chi connectivity index (χ4n) is 1.77. The van der Waals surface area contributed by atoms with Crippen molar-refractivity contribution in [3.05, 3.63) is 0 Å². The van der Waals surface area contributed by atoms with E-state index in [1.807, 2.05) is 0 Å². The van der Waals surface area contributed by atoms with Crippen molar-refractivity contribution in [2.75, 3.05) is 13.2 Å². The molecule has 2 fully saturated rings. The molecule has 80 valence electrons. The van der Waals surface area contributed by atoms with Crippen LogP contribution in [0.3, 0.4) is 0 Å². The highest BCUT2D eigenvalue weighted by molar-refractivity contribution is 5.83. The van der Waals surface area contributed by atoms with Gasteiger partial charge in [0.1, 0.15) is 12.3 Å². The molecule has 0 aromatic carbocycles. The van der Waals surface area contributed by atoms with Gasteiger partial charge in [0.15, 0.2) is 0 Å². The number of hydrogen-bond acceptors (Lipinski definition) is 6. The van der Waals surface area contributed by atoms with E-state index in [2.05, 4.69) is 21.3 Å². The average molecular weight is 201 g/mol. The van der Waals surface area contributed by atoms with Gasteiger partial charge in [0, 0.05) is 12.6 Å². The summed E-state index contributed by atoms with van der Waals surface area (Å²) in [6.07, 6.45) is -0.676. The third-order valence-electron chi connectivity index (χ3n) is 2.49. The van der Waals surface area contributed by atoms with Crippen LogP contribution in [0.1, 0.15) is 0 Å². The normalized spacial score (nSPS) is 42.9. The Balaban J connectivity index is 2.03. The van der Waals surface area contributed by atoms with E-state index in [-0.39, 0.29) is 30.8 Å². The summed E-state index contributed by atoms with van der Waals surface area (Å²) in [5, 5.41) is 20.6. The SMILES string of the molecule is NC1NC(=O)C2NC(CO)CNC2N1. The third kappa shape index (κ3) is 1.72. The van der Waals surface area contributed by atoms with Gasteiger partial charge in [0.2, 0.25) is 5.91 Å². The molecular formula is C7H15N5O2. The van der Waals surface area contributed by atoms with Gasteiger partial charge in [-0.25, -0.2) is 0 Å². The molecule has 7 N–H and O–H groups in total. The molecular weight excluding hydrogens is 186 g/mol. The summed E-state index contributed by atoms with van der Waals surface area (Å²) in [4.78, 5) is 11.5. The number of piperazine rings is 1. The summed E-state index contributed by atoms with van der Waals surface area (Å²) in [5.41, 5.74) is 5.54. The molecule has 14 heavy (non-hydrogen) atoms. The van der Waals surface area contributed by atoms with Crippen LogP contribution in [0.15, 0.2) is 0 Å². The highest BCUT2D eigenvalue weighted by atomic mass is 16.3. The molecule has 4 unspecified atom stereocenters. The molecule has 4 atom stereocenters. The van der Waals surface area contributed by atoms with E-state index in [0.29, 0.717) is 6.54 Å². The minimum Gasteiger partial charge on any atom is -0.395 e. The zero-order valence-corrected chi connectivity index (χ0v) is 7.66. The molecule has 7 heteroatoms. The molecule has 2 aliphatic rings. The molecule has 7 nitrogen and oxygen atoms in total. The van der Waals surface area contributed by atoms with Crippen LogP contribution in [0.4, 0.5) is 0 Å². The molecule has 0 aliphatic carbocycles. The van der Waals surface area contributed by atoms with Crippen molar-refractivity contribution >= 4 is 5.91 Å². The first-order valence-corrected chi connectivity index (χ1v) is 4.63. The molecule has 2 aliphatic heterocycles. The van der Waals surface area contributed by atoms with Crippen molar-refractivity contribution in [1.29, 1.82) is 0 Å². The highest BCUT2D eigenvalue weighted by Crippen LogP contribution is 2.04. The van der Waals surface area contributed by atoms with Gasteiger partial charge in [-0.3, -0.25) is 26.5 Å². The van der Waals surface area contributed by atoms with Gasteiger partial charge in [-0.15, -0.1) is 0 Å². The Morgan fingerprint density at radius 2 is 2.29 bits per heavy atom. The highest BCUT2D eigenvalue weighted by Gasteiger charge is 2.38. The summed E-state index contributed by atoms with van der Waals surface area (Å²) < 4.78 is 0. The number of nitrogens with two attached hydrogens (primary N) is 1. The second kappa shape index (κ2) is 3.79. The second-order valence-electron chi connectivity index (χ2n) is 3.56. The fraction of sp³-hybridized carbons (Fsp3) is 0.857. The minimum atomic E-state index is -0.510. The van der Waals surface area contributed by atoms with Crippen molar-refractivity contribution in [2.45, 2.75) is 24.5 Å². The van der Waals surface area contributed by atoms with Crippen LogP contribution in [0.5, 0.6) is 0 Å². The van der Waals surface area contributed by atoms with E-state index in [9.17, 15) is 4.79 Å². The molecule has 0 aromatic heterocycles. The standard InChI is InChI=1S/C7H15N5O2/c8-7-11-5-4(6(14)12-7)10-3(2-13)1-9-5/h3-5,7,9-11,13H,1-2,8H2,(H,12,14). The van der Waals surface area contributed by atoms with Gasteiger partial charge in [0.25, 0.3) is 0 Å². The number of fused-ring (bicyclic) bond motifs is 1. The van der Waals surface area contributed by atoms with Crippen LogP contribution in [-0.4, -0.2) is 48.7 Å². The van der Waals surface area contributed by atoms with E-state index in [1.165, 1.54) is 0 Å². The summed E-state index contributed by atoms with van der Waals surface area (Å²) >= 11 is 0. The lowest BCUT2D eigenvalue weighted by molar-refractivity contribution is -0.128. The maximum Gasteiger partial charge on any atom is 0.242 e. The summed E-state index contributed by atoms with van der Waals surface area (Å²) in [7, 11) is 0. The monoisotopic (exact) mass is 201 g/mol. The number of rotatable bonds is 1. The van der Waals surface area contributed by atoms with Crippen LogP contribution >= 0.6 is 0 Å². The molecule has 2 rings (SSSR count). The van der Waals surface area contributed by atoms with Gasteiger partial charge in [-0.05, 0) is 0 Å². The fourth-order valence-corrected chi connectivity index (χ4v) is 1.77. The van der Waals surface area contributed by atoms with Crippen LogP contribution in [0.25, 0.3) is 0 Å². The van der Waals surface area contributed by atoms with E-state index < -0.39 is 6.29 Å². The van der Waals surface area contributed by atoms with Gasteiger partial charge in [-0.2, -0.15) is 0 Å². The van der Waals surface area contributed by atoms with Gasteiger partial charge >= 0.3 is 0 Å². The topological polar surface area (TPSA) is 111 Å². The number of hydrogen-bond donors (Lipinski definition) is 6. The largest absolute Gasteiger partial charge is 0.395 e. The molecule has 0 spiro atoms. The molecule has 0 aromatic rings. The van der Waals surface area contributed by atoms with Crippen molar-refractivity contribution < 1.29 is 9.90 Å². The molecule has 0 radical (unpaired) electrons. The average Bonchev–Trinajstić information content (AvgIpc) is 2.17. The maximum absolute atomic E-state index is 11.5. The van der Waals surface area contributed by atoms with Gasteiger partial charge in [-0.1, -0.05) is 0 Å². The lowest BCUT2D eigenvalue weighted by Crippen LogP contribution is -2.78. The van der Waals surface area contributed by atoms with Crippen LogP contribution < -0.4 is 27.0 Å². The quantitative estimate of drug-likeness (QED) is 0.259. The van der Waals surface area contributed by atoms with Crippen LogP contribution in [-0.2, 0) is 4.79 Å². The predicted octanol–water partition coefficient (Wildman–Crippen LogP) is -3.80. The Kier molecular flexibility index (Phi) is 2.66. The number of amides is 1. The number of carbonyl (C=O) groups excluding carboxylic acids is 1. The Hall–Kier alpha value is -0.730. The molecule has 2 saturated heterocycles. The van der Waals surface area contributed by atoms with Gasteiger partial charge < -0.3 is 10.4 Å². The van der Waals surface area contributed by atoms with Crippen molar-refractivity contribution in [2.24, 2.45) is 5.73 Å². The lowest BCUT2D eigenvalue weighted by Gasteiger charge is -2.42. The zero-order valence-electron chi connectivity index (χ0n) is 7.66. The Morgan fingerprint density at radius 1 is 1.50 bits per heavy atom. The minimum absolute atomic E-state index is 0.00948. The smallest absolute Gasteiger partial charge is 0.242 e.